The molecule has 6 nitrogen and oxygen atoms in total. The van der Waals surface area contributed by atoms with Crippen molar-refractivity contribution in [2.75, 3.05) is 18.1 Å². The highest BCUT2D eigenvalue weighted by Gasteiger charge is 2.19. The summed E-state index contributed by atoms with van der Waals surface area (Å²) in [5.74, 6) is 0.478. The molecule has 0 unspecified atom stereocenters. The molecule has 2 aromatic carbocycles. The lowest BCUT2D eigenvalue weighted by molar-refractivity contribution is 0.301. The van der Waals surface area contributed by atoms with E-state index in [-0.39, 0.29) is 12.3 Å². The first kappa shape index (κ1) is 17.6. The SMILES string of the molecule is Cc1ccc(C)c(-n2nc(C#N)c(N(CCO)Cc3ccccc3)n2)c1. The number of nitriles is 1. The molecule has 0 aliphatic carbocycles. The molecule has 6 heteroatoms. The topological polar surface area (TPSA) is 78.0 Å². The maximum Gasteiger partial charge on any atom is 0.207 e. The predicted octanol–water partition coefficient (Wildman–Crippen LogP) is 2.75. The van der Waals surface area contributed by atoms with Crippen LogP contribution in [0.25, 0.3) is 5.69 Å². The van der Waals surface area contributed by atoms with Crippen molar-refractivity contribution in [3.05, 3.63) is 70.9 Å². The van der Waals surface area contributed by atoms with Crippen LogP contribution in [0.3, 0.4) is 0 Å². The molecule has 0 atom stereocenters. The number of hydrogen-bond acceptors (Lipinski definition) is 5. The zero-order chi connectivity index (χ0) is 18.5. The number of aryl methyl sites for hydroxylation is 2. The Hall–Kier alpha value is -3.17. The molecular weight excluding hydrogens is 326 g/mol. The van der Waals surface area contributed by atoms with Crippen LogP contribution in [0.1, 0.15) is 22.4 Å². The first-order valence-electron chi connectivity index (χ1n) is 8.47. The molecule has 0 spiro atoms. The number of benzene rings is 2. The minimum atomic E-state index is -0.0337. The standard InChI is InChI=1S/C20H21N5O/c1-15-8-9-16(2)19(12-15)25-22-18(13-21)20(23-25)24(10-11-26)14-17-6-4-3-5-7-17/h3-9,12,26H,10-11,14H2,1-2H3. The molecule has 1 N–H and O–H groups in total. The summed E-state index contributed by atoms with van der Waals surface area (Å²) >= 11 is 0. The first-order valence-corrected chi connectivity index (χ1v) is 8.47. The Morgan fingerprint density at radius 2 is 1.88 bits per heavy atom. The van der Waals surface area contributed by atoms with Gasteiger partial charge in [-0.1, -0.05) is 42.5 Å². The molecule has 0 radical (unpaired) electrons. The van der Waals surface area contributed by atoms with Gasteiger partial charge in [0.15, 0.2) is 5.82 Å². The van der Waals surface area contributed by atoms with E-state index in [0.29, 0.717) is 18.9 Å². The van der Waals surface area contributed by atoms with Crippen LogP contribution in [0.5, 0.6) is 0 Å². The molecule has 0 aliphatic rings. The highest BCUT2D eigenvalue weighted by atomic mass is 16.3. The highest BCUT2D eigenvalue weighted by Crippen LogP contribution is 2.21. The highest BCUT2D eigenvalue weighted by molar-refractivity contribution is 5.52. The summed E-state index contributed by atoms with van der Waals surface area (Å²) in [6.07, 6.45) is 0. The van der Waals surface area contributed by atoms with Crippen molar-refractivity contribution in [1.29, 1.82) is 5.26 Å². The van der Waals surface area contributed by atoms with E-state index in [9.17, 15) is 10.4 Å². The van der Waals surface area contributed by atoms with Crippen molar-refractivity contribution in [1.82, 2.24) is 15.0 Å². The van der Waals surface area contributed by atoms with Gasteiger partial charge in [-0.2, -0.15) is 5.26 Å². The molecule has 0 saturated heterocycles. The van der Waals surface area contributed by atoms with Crippen LogP contribution < -0.4 is 4.90 Å². The van der Waals surface area contributed by atoms with Crippen molar-refractivity contribution < 1.29 is 5.11 Å². The minimum absolute atomic E-state index is 0.0337. The Morgan fingerprint density at radius 3 is 2.58 bits per heavy atom. The van der Waals surface area contributed by atoms with Crippen LogP contribution in [-0.4, -0.2) is 33.3 Å². The molecule has 1 heterocycles. The maximum atomic E-state index is 9.53. The van der Waals surface area contributed by atoms with Gasteiger partial charge in [-0.05, 0) is 36.6 Å². The molecule has 0 bridgehead atoms. The number of nitrogens with zero attached hydrogens (tertiary/aromatic N) is 5. The van der Waals surface area contributed by atoms with Gasteiger partial charge in [0, 0.05) is 13.1 Å². The Morgan fingerprint density at radius 1 is 1.12 bits per heavy atom. The molecule has 3 rings (SSSR count). The van der Waals surface area contributed by atoms with Crippen LogP contribution >= 0.6 is 0 Å². The third kappa shape index (κ3) is 3.73. The van der Waals surface area contributed by atoms with Crippen LogP contribution in [0.4, 0.5) is 5.82 Å². The van der Waals surface area contributed by atoms with E-state index in [4.69, 9.17) is 0 Å². The summed E-state index contributed by atoms with van der Waals surface area (Å²) in [6, 6.07) is 18.1. The van der Waals surface area contributed by atoms with Crippen molar-refractivity contribution in [2.24, 2.45) is 0 Å². The second-order valence-electron chi connectivity index (χ2n) is 6.19. The number of anilines is 1. The number of aliphatic hydroxyl groups is 1. The zero-order valence-corrected chi connectivity index (χ0v) is 14.9. The fourth-order valence-corrected chi connectivity index (χ4v) is 2.81. The lowest BCUT2D eigenvalue weighted by atomic mass is 10.1. The van der Waals surface area contributed by atoms with Gasteiger partial charge in [0.2, 0.25) is 5.69 Å². The molecule has 0 amide bonds. The van der Waals surface area contributed by atoms with Gasteiger partial charge in [0.05, 0.1) is 12.3 Å². The first-order chi connectivity index (χ1) is 12.6. The number of rotatable bonds is 6. The third-order valence-corrected chi connectivity index (χ3v) is 4.17. The average molecular weight is 347 g/mol. The van der Waals surface area contributed by atoms with Gasteiger partial charge in [0.25, 0.3) is 0 Å². The van der Waals surface area contributed by atoms with Crippen molar-refractivity contribution >= 4 is 5.82 Å². The van der Waals surface area contributed by atoms with E-state index in [1.165, 1.54) is 4.80 Å². The van der Waals surface area contributed by atoms with Gasteiger partial charge in [-0.25, -0.2) is 0 Å². The minimum Gasteiger partial charge on any atom is -0.395 e. The second kappa shape index (κ2) is 7.81. The van der Waals surface area contributed by atoms with Gasteiger partial charge in [0.1, 0.15) is 6.07 Å². The normalized spacial score (nSPS) is 10.5. The fourth-order valence-electron chi connectivity index (χ4n) is 2.81. The van der Waals surface area contributed by atoms with Gasteiger partial charge in [-0.15, -0.1) is 15.0 Å². The van der Waals surface area contributed by atoms with Crippen LogP contribution in [0.2, 0.25) is 0 Å². The molecular formula is C20H21N5O. The second-order valence-corrected chi connectivity index (χ2v) is 6.19. The number of hydrogen-bond donors (Lipinski definition) is 1. The Labute approximate surface area is 152 Å². The summed E-state index contributed by atoms with van der Waals surface area (Å²) in [6.45, 7) is 4.87. The number of aromatic nitrogens is 3. The number of aliphatic hydroxyl groups excluding tert-OH is 1. The predicted molar refractivity (Wildman–Crippen MR) is 100 cm³/mol. The quantitative estimate of drug-likeness (QED) is 0.742. The van der Waals surface area contributed by atoms with Crippen molar-refractivity contribution in [3.63, 3.8) is 0 Å². The molecule has 26 heavy (non-hydrogen) atoms. The van der Waals surface area contributed by atoms with E-state index in [2.05, 4.69) is 16.3 Å². The lowest BCUT2D eigenvalue weighted by Gasteiger charge is -2.21. The van der Waals surface area contributed by atoms with Gasteiger partial charge >= 0.3 is 0 Å². The van der Waals surface area contributed by atoms with Gasteiger partial charge in [-0.3, -0.25) is 0 Å². The average Bonchev–Trinajstić information content (AvgIpc) is 3.08. The third-order valence-electron chi connectivity index (χ3n) is 4.17. The summed E-state index contributed by atoms with van der Waals surface area (Å²) in [5.41, 5.74) is 4.29. The largest absolute Gasteiger partial charge is 0.395 e. The van der Waals surface area contributed by atoms with Crippen molar-refractivity contribution in [2.45, 2.75) is 20.4 Å². The van der Waals surface area contributed by atoms with E-state index in [1.54, 1.807) is 0 Å². The van der Waals surface area contributed by atoms with E-state index >= 15 is 0 Å². The van der Waals surface area contributed by atoms with Crippen LogP contribution in [0.15, 0.2) is 48.5 Å². The fraction of sp³-hybridized carbons (Fsp3) is 0.250. The van der Waals surface area contributed by atoms with Crippen molar-refractivity contribution in [3.8, 4) is 11.8 Å². The summed E-state index contributed by atoms with van der Waals surface area (Å²) < 4.78 is 0. The molecule has 0 saturated carbocycles. The Kier molecular flexibility index (Phi) is 5.30. The molecule has 132 valence electrons. The maximum absolute atomic E-state index is 9.53. The summed E-state index contributed by atoms with van der Waals surface area (Å²) in [4.78, 5) is 3.38. The lowest BCUT2D eigenvalue weighted by Crippen LogP contribution is -2.27. The smallest absolute Gasteiger partial charge is 0.207 e. The molecule has 0 aliphatic heterocycles. The molecule has 0 fully saturated rings. The molecule has 1 aromatic heterocycles. The van der Waals surface area contributed by atoms with E-state index in [1.807, 2.05) is 67.3 Å². The van der Waals surface area contributed by atoms with Crippen LogP contribution in [-0.2, 0) is 6.54 Å². The monoisotopic (exact) mass is 347 g/mol. The summed E-state index contributed by atoms with van der Waals surface area (Å²) in [5, 5.41) is 27.9. The zero-order valence-electron chi connectivity index (χ0n) is 14.9. The van der Waals surface area contributed by atoms with Crippen LogP contribution in [0, 0.1) is 25.2 Å². The Bertz CT molecular complexity index is 927. The molecule has 3 aromatic rings. The van der Waals surface area contributed by atoms with E-state index in [0.717, 1.165) is 22.4 Å². The Balaban J connectivity index is 2.01. The van der Waals surface area contributed by atoms with Gasteiger partial charge < -0.3 is 10.0 Å². The summed E-state index contributed by atoms with van der Waals surface area (Å²) in [7, 11) is 0. The van der Waals surface area contributed by atoms with E-state index < -0.39 is 0 Å².